The van der Waals surface area contributed by atoms with Crippen LogP contribution in [0.1, 0.15) is 24.8 Å². The van der Waals surface area contributed by atoms with E-state index in [1.165, 1.54) is 0 Å². The summed E-state index contributed by atoms with van der Waals surface area (Å²) in [5.74, 6) is 1.40. The lowest BCUT2D eigenvalue weighted by atomic mass is 10.2. The van der Waals surface area contributed by atoms with Crippen molar-refractivity contribution in [1.29, 1.82) is 0 Å². The minimum atomic E-state index is -0.196. The summed E-state index contributed by atoms with van der Waals surface area (Å²) in [6, 6.07) is 22.4. The van der Waals surface area contributed by atoms with Crippen LogP contribution in [0.2, 0.25) is 5.02 Å². The molecule has 174 valence electrons. The largest absolute Gasteiger partial charge is 0.485 e. The van der Waals surface area contributed by atoms with Gasteiger partial charge in [0, 0.05) is 11.6 Å². The molecule has 33 heavy (non-hydrogen) atoms. The monoisotopic (exact) mass is 468 g/mol. The molecule has 0 radical (unpaired) electrons. The van der Waals surface area contributed by atoms with Crippen LogP contribution in [-0.4, -0.2) is 30.7 Å². The summed E-state index contributed by atoms with van der Waals surface area (Å²) in [7, 11) is 0. The van der Waals surface area contributed by atoms with E-state index in [1.807, 2.05) is 54.6 Å². The molecule has 0 aromatic heterocycles. The second-order valence-electron chi connectivity index (χ2n) is 7.47. The summed E-state index contributed by atoms with van der Waals surface area (Å²) in [6.45, 7) is 1.48. The maximum atomic E-state index is 12.4. The Morgan fingerprint density at radius 3 is 2.42 bits per heavy atom. The summed E-state index contributed by atoms with van der Waals surface area (Å²) in [5.41, 5.74) is 1.53. The predicted octanol–water partition coefficient (Wildman–Crippen LogP) is 5.40. The molecule has 0 spiro atoms. The van der Waals surface area contributed by atoms with E-state index >= 15 is 0 Å². The SMILES string of the molecule is O=C(CNCCCCCO)Nc1cc(Cl)ccc1Oc1ccccc1OCc1ccccc1. The topological polar surface area (TPSA) is 79.8 Å². The van der Waals surface area contributed by atoms with Gasteiger partial charge in [0.2, 0.25) is 5.91 Å². The molecule has 0 aliphatic heterocycles. The van der Waals surface area contributed by atoms with Crippen LogP contribution < -0.4 is 20.1 Å². The molecule has 0 heterocycles. The van der Waals surface area contributed by atoms with Gasteiger partial charge in [-0.05, 0) is 61.7 Å². The number of rotatable bonds is 13. The molecule has 1 amide bonds. The summed E-state index contributed by atoms with van der Waals surface area (Å²) in [6.07, 6.45) is 2.59. The number of nitrogens with one attached hydrogen (secondary N) is 2. The van der Waals surface area contributed by atoms with E-state index in [0.29, 0.717) is 41.1 Å². The molecule has 3 N–H and O–H groups in total. The highest BCUT2D eigenvalue weighted by molar-refractivity contribution is 6.31. The number of unbranched alkanes of at least 4 members (excludes halogenated alkanes) is 2. The van der Waals surface area contributed by atoms with Gasteiger partial charge in [-0.15, -0.1) is 0 Å². The van der Waals surface area contributed by atoms with E-state index in [2.05, 4.69) is 10.6 Å². The first-order chi connectivity index (χ1) is 16.2. The summed E-state index contributed by atoms with van der Waals surface area (Å²) in [4.78, 5) is 12.4. The Bertz CT molecular complexity index is 1010. The summed E-state index contributed by atoms with van der Waals surface area (Å²) < 4.78 is 12.1. The fourth-order valence-electron chi connectivity index (χ4n) is 3.13. The maximum Gasteiger partial charge on any atom is 0.238 e. The third kappa shape index (κ3) is 8.42. The fraction of sp³-hybridized carbons (Fsp3) is 0.269. The number of amides is 1. The van der Waals surface area contributed by atoms with Gasteiger partial charge in [0.25, 0.3) is 0 Å². The number of ether oxygens (including phenoxy) is 2. The van der Waals surface area contributed by atoms with Gasteiger partial charge in [-0.2, -0.15) is 0 Å². The van der Waals surface area contributed by atoms with Crippen molar-refractivity contribution in [2.24, 2.45) is 0 Å². The second kappa shape index (κ2) is 13.5. The van der Waals surface area contributed by atoms with E-state index in [4.69, 9.17) is 26.2 Å². The highest BCUT2D eigenvalue weighted by Crippen LogP contribution is 2.36. The minimum Gasteiger partial charge on any atom is -0.485 e. The molecular formula is C26H29ClN2O4. The van der Waals surface area contributed by atoms with E-state index in [9.17, 15) is 4.79 Å². The second-order valence-corrected chi connectivity index (χ2v) is 7.91. The highest BCUT2D eigenvalue weighted by atomic mass is 35.5. The maximum absolute atomic E-state index is 12.4. The van der Waals surface area contributed by atoms with E-state index in [1.54, 1.807) is 18.2 Å². The molecule has 0 atom stereocenters. The first-order valence-electron chi connectivity index (χ1n) is 11.0. The summed E-state index contributed by atoms with van der Waals surface area (Å²) >= 11 is 6.16. The summed E-state index contributed by atoms with van der Waals surface area (Å²) in [5, 5.41) is 15.3. The first-order valence-corrected chi connectivity index (χ1v) is 11.4. The Hall–Kier alpha value is -3.06. The number of hydrogen-bond donors (Lipinski definition) is 3. The van der Waals surface area contributed by atoms with Crippen molar-refractivity contribution in [2.75, 3.05) is 25.0 Å². The van der Waals surface area contributed by atoms with E-state index < -0.39 is 0 Å². The fourth-order valence-corrected chi connectivity index (χ4v) is 3.30. The van der Waals surface area contributed by atoms with Crippen LogP contribution in [0.15, 0.2) is 72.8 Å². The molecule has 3 aromatic carbocycles. The molecule has 0 bridgehead atoms. The van der Waals surface area contributed by atoms with Gasteiger partial charge in [0.15, 0.2) is 17.2 Å². The Morgan fingerprint density at radius 2 is 1.64 bits per heavy atom. The molecule has 0 unspecified atom stereocenters. The normalized spacial score (nSPS) is 10.6. The van der Waals surface area contributed by atoms with Gasteiger partial charge in [-0.25, -0.2) is 0 Å². The van der Waals surface area contributed by atoms with Crippen molar-refractivity contribution in [3.8, 4) is 17.2 Å². The lowest BCUT2D eigenvalue weighted by molar-refractivity contribution is -0.115. The van der Waals surface area contributed by atoms with Gasteiger partial charge in [-0.3, -0.25) is 4.79 Å². The molecule has 0 aliphatic carbocycles. The first kappa shape index (κ1) is 24.6. The molecule has 3 rings (SSSR count). The van der Waals surface area contributed by atoms with Crippen molar-refractivity contribution >= 4 is 23.2 Å². The zero-order chi connectivity index (χ0) is 23.3. The third-order valence-electron chi connectivity index (χ3n) is 4.82. The van der Waals surface area contributed by atoms with Crippen LogP contribution in [0.3, 0.4) is 0 Å². The number of aliphatic hydroxyl groups is 1. The van der Waals surface area contributed by atoms with Gasteiger partial charge < -0.3 is 25.2 Å². The van der Waals surface area contributed by atoms with Gasteiger partial charge in [0.05, 0.1) is 12.2 Å². The zero-order valence-electron chi connectivity index (χ0n) is 18.4. The average Bonchev–Trinajstić information content (AvgIpc) is 2.83. The predicted molar refractivity (Wildman–Crippen MR) is 131 cm³/mol. The van der Waals surface area contributed by atoms with Gasteiger partial charge in [-0.1, -0.05) is 54.1 Å². The molecule has 0 aliphatic rings. The van der Waals surface area contributed by atoms with Crippen molar-refractivity contribution in [2.45, 2.75) is 25.9 Å². The van der Waals surface area contributed by atoms with Crippen LogP contribution >= 0.6 is 11.6 Å². The number of para-hydroxylation sites is 2. The average molecular weight is 469 g/mol. The Balaban J connectivity index is 1.63. The zero-order valence-corrected chi connectivity index (χ0v) is 19.2. The van der Waals surface area contributed by atoms with Crippen LogP contribution in [0.5, 0.6) is 17.2 Å². The van der Waals surface area contributed by atoms with E-state index in [0.717, 1.165) is 24.8 Å². The third-order valence-corrected chi connectivity index (χ3v) is 5.05. The minimum absolute atomic E-state index is 0.169. The number of halogens is 1. The Kier molecular flexibility index (Phi) is 10.0. The Morgan fingerprint density at radius 1 is 0.879 bits per heavy atom. The Labute approximate surface area is 199 Å². The van der Waals surface area contributed by atoms with Crippen LogP contribution in [0.4, 0.5) is 5.69 Å². The molecule has 7 heteroatoms. The van der Waals surface area contributed by atoms with Gasteiger partial charge in [0.1, 0.15) is 6.61 Å². The molecule has 0 fully saturated rings. The smallest absolute Gasteiger partial charge is 0.238 e. The van der Waals surface area contributed by atoms with Gasteiger partial charge >= 0.3 is 0 Å². The molecule has 0 saturated carbocycles. The quantitative estimate of drug-likeness (QED) is 0.292. The van der Waals surface area contributed by atoms with Crippen molar-refractivity contribution < 1.29 is 19.4 Å². The number of carbonyl (C=O) groups is 1. The van der Waals surface area contributed by atoms with E-state index in [-0.39, 0.29) is 19.1 Å². The number of carbonyl (C=O) groups excluding carboxylic acids is 1. The standard InChI is InChI=1S/C26H29ClN2O4/c27-21-13-14-23(22(17-21)29-26(31)18-28-15-7-2-8-16-30)33-25-12-6-5-11-24(25)32-19-20-9-3-1-4-10-20/h1,3-6,9-14,17,28,30H,2,7-8,15-16,18-19H2,(H,29,31). The van der Waals surface area contributed by atoms with Crippen molar-refractivity contribution in [1.82, 2.24) is 5.32 Å². The molecule has 0 saturated heterocycles. The molecule has 3 aromatic rings. The lowest BCUT2D eigenvalue weighted by Gasteiger charge is -2.16. The number of anilines is 1. The number of benzene rings is 3. The highest BCUT2D eigenvalue weighted by Gasteiger charge is 2.13. The number of aliphatic hydroxyl groups excluding tert-OH is 1. The lowest BCUT2D eigenvalue weighted by Crippen LogP contribution is -2.28. The van der Waals surface area contributed by atoms with Crippen LogP contribution in [0.25, 0.3) is 0 Å². The van der Waals surface area contributed by atoms with Crippen LogP contribution in [-0.2, 0) is 11.4 Å². The van der Waals surface area contributed by atoms with Crippen molar-refractivity contribution in [3.05, 3.63) is 83.4 Å². The van der Waals surface area contributed by atoms with Crippen LogP contribution in [0, 0.1) is 0 Å². The number of hydrogen-bond acceptors (Lipinski definition) is 5. The van der Waals surface area contributed by atoms with Crippen molar-refractivity contribution in [3.63, 3.8) is 0 Å². The molecular weight excluding hydrogens is 440 g/mol. The molecule has 6 nitrogen and oxygen atoms in total.